The Hall–Kier alpha value is -0.840. The smallest absolute Gasteiger partial charge is 0.405 e. The summed E-state index contributed by atoms with van der Waals surface area (Å²) in [5, 5.41) is -0.312. The lowest BCUT2D eigenvalue weighted by Crippen LogP contribution is -2.18. The van der Waals surface area contributed by atoms with Crippen LogP contribution >= 0.6 is 12.6 Å². The van der Waals surface area contributed by atoms with Crippen molar-refractivity contribution in [3.8, 4) is 5.75 Å². The predicted octanol–water partition coefficient (Wildman–Crippen LogP) is 4.70. The molecular formula is C12H15F3OS. The molecule has 1 unspecified atom stereocenters. The van der Waals surface area contributed by atoms with E-state index in [9.17, 15) is 13.2 Å². The Balaban J connectivity index is 3.16. The van der Waals surface area contributed by atoms with Gasteiger partial charge in [0, 0.05) is 10.8 Å². The van der Waals surface area contributed by atoms with Crippen LogP contribution in [0.4, 0.5) is 13.2 Å². The Morgan fingerprint density at radius 3 is 2.18 bits per heavy atom. The summed E-state index contributed by atoms with van der Waals surface area (Å²) in [6.45, 7) is 5.53. The molecule has 1 nitrogen and oxygen atoms in total. The molecule has 0 saturated carbocycles. The van der Waals surface area contributed by atoms with E-state index in [1.165, 1.54) is 6.07 Å². The van der Waals surface area contributed by atoms with Gasteiger partial charge in [-0.1, -0.05) is 26.0 Å². The van der Waals surface area contributed by atoms with Crippen LogP contribution in [0.25, 0.3) is 0 Å². The number of benzene rings is 1. The molecule has 1 aromatic carbocycles. The standard InChI is InChI=1S/C12H15F3OS/c1-7(2)9-4-5-10(8(3)17)11(6-9)16-12(13,14)15/h4-8,17H,1-3H3. The molecule has 0 fully saturated rings. The summed E-state index contributed by atoms with van der Waals surface area (Å²) in [7, 11) is 0. The van der Waals surface area contributed by atoms with Crippen molar-refractivity contribution in [1.82, 2.24) is 0 Å². The first-order valence-corrected chi connectivity index (χ1v) is 5.80. The highest BCUT2D eigenvalue weighted by atomic mass is 32.1. The molecule has 0 radical (unpaired) electrons. The third kappa shape index (κ3) is 4.15. The number of rotatable bonds is 3. The molecule has 1 rings (SSSR count). The number of hydrogen-bond donors (Lipinski definition) is 1. The van der Waals surface area contributed by atoms with Crippen LogP contribution in [0.2, 0.25) is 0 Å². The van der Waals surface area contributed by atoms with Gasteiger partial charge >= 0.3 is 6.36 Å². The van der Waals surface area contributed by atoms with Crippen molar-refractivity contribution >= 4 is 12.6 Å². The predicted molar refractivity (Wildman–Crippen MR) is 64.6 cm³/mol. The minimum atomic E-state index is -4.67. The van der Waals surface area contributed by atoms with Crippen molar-refractivity contribution in [3.05, 3.63) is 29.3 Å². The van der Waals surface area contributed by atoms with E-state index in [1.807, 2.05) is 13.8 Å². The zero-order valence-corrected chi connectivity index (χ0v) is 10.8. The summed E-state index contributed by atoms with van der Waals surface area (Å²) < 4.78 is 40.8. The molecule has 1 aromatic rings. The highest BCUT2D eigenvalue weighted by Gasteiger charge is 2.32. The Morgan fingerprint density at radius 1 is 1.18 bits per heavy atom. The molecule has 0 bridgehead atoms. The summed E-state index contributed by atoms with van der Waals surface area (Å²) in [6.07, 6.45) is -4.67. The van der Waals surface area contributed by atoms with Crippen molar-refractivity contribution in [2.75, 3.05) is 0 Å². The topological polar surface area (TPSA) is 9.23 Å². The fourth-order valence-corrected chi connectivity index (χ4v) is 1.68. The maximum absolute atomic E-state index is 12.3. The minimum absolute atomic E-state index is 0.148. The number of alkyl halides is 3. The second kappa shape index (κ2) is 5.21. The van der Waals surface area contributed by atoms with Crippen molar-refractivity contribution in [2.24, 2.45) is 0 Å². The van der Waals surface area contributed by atoms with E-state index < -0.39 is 6.36 Å². The van der Waals surface area contributed by atoms with Crippen molar-refractivity contribution in [3.63, 3.8) is 0 Å². The molecule has 0 aliphatic rings. The Morgan fingerprint density at radius 2 is 1.76 bits per heavy atom. The molecule has 1 atom stereocenters. The van der Waals surface area contributed by atoms with Gasteiger partial charge in [0.1, 0.15) is 5.75 Å². The molecule has 0 spiro atoms. The van der Waals surface area contributed by atoms with Gasteiger partial charge in [-0.3, -0.25) is 0 Å². The van der Waals surface area contributed by atoms with Crippen LogP contribution < -0.4 is 4.74 Å². The van der Waals surface area contributed by atoms with Crippen molar-refractivity contribution < 1.29 is 17.9 Å². The van der Waals surface area contributed by atoms with Gasteiger partial charge < -0.3 is 4.74 Å². The van der Waals surface area contributed by atoms with Gasteiger partial charge in [-0.2, -0.15) is 12.6 Å². The molecule has 0 heterocycles. The summed E-state index contributed by atoms with van der Waals surface area (Å²) in [4.78, 5) is 0. The van der Waals surface area contributed by atoms with Gasteiger partial charge in [0.15, 0.2) is 0 Å². The molecule has 0 saturated heterocycles. The molecule has 0 aliphatic carbocycles. The summed E-state index contributed by atoms with van der Waals surface area (Å²) >= 11 is 4.15. The van der Waals surface area contributed by atoms with E-state index in [-0.39, 0.29) is 16.9 Å². The van der Waals surface area contributed by atoms with E-state index in [1.54, 1.807) is 19.1 Å². The average Bonchev–Trinajstić information content (AvgIpc) is 2.14. The van der Waals surface area contributed by atoms with E-state index in [0.29, 0.717) is 5.56 Å². The quantitative estimate of drug-likeness (QED) is 0.778. The van der Waals surface area contributed by atoms with Crippen LogP contribution in [-0.4, -0.2) is 6.36 Å². The minimum Gasteiger partial charge on any atom is -0.405 e. The van der Waals surface area contributed by atoms with Gasteiger partial charge in [-0.25, -0.2) is 0 Å². The summed E-state index contributed by atoms with van der Waals surface area (Å²) in [5.41, 5.74) is 1.25. The Kier molecular flexibility index (Phi) is 4.36. The van der Waals surface area contributed by atoms with Crippen molar-refractivity contribution in [1.29, 1.82) is 0 Å². The molecule has 17 heavy (non-hydrogen) atoms. The summed E-state index contributed by atoms with van der Waals surface area (Å²) in [6, 6.07) is 4.87. The van der Waals surface area contributed by atoms with Crippen molar-refractivity contribution in [2.45, 2.75) is 38.3 Å². The number of halogens is 3. The molecule has 0 amide bonds. The van der Waals surface area contributed by atoms with Gasteiger partial charge in [-0.05, 0) is 24.5 Å². The lowest BCUT2D eigenvalue weighted by Gasteiger charge is -2.17. The zero-order chi connectivity index (χ0) is 13.2. The molecule has 0 aliphatic heterocycles. The van der Waals surface area contributed by atoms with Crippen LogP contribution in [-0.2, 0) is 0 Å². The lowest BCUT2D eigenvalue weighted by molar-refractivity contribution is -0.274. The maximum atomic E-state index is 12.3. The van der Waals surface area contributed by atoms with Crippen LogP contribution in [0.3, 0.4) is 0 Å². The number of hydrogen-bond acceptors (Lipinski definition) is 2. The molecular weight excluding hydrogens is 249 g/mol. The second-order valence-electron chi connectivity index (χ2n) is 4.18. The van der Waals surface area contributed by atoms with Gasteiger partial charge in [-0.15, -0.1) is 13.2 Å². The largest absolute Gasteiger partial charge is 0.573 e. The molecule has 96 valence electrons. The molecule has 0 aromatic heterocycles. The highest BCUT2D eigenvalue weighted by molar-refractivity contribution is 7.80. The first-order valence-electron chi connectivity index (χ1n) is 5.28. The molecule has 5 heteroatoms. The van der Waals surface area contributed by atoms with Gasteiger partial charge in [0.05, 0.1) is 0 Å². The van der Waals surface area contributed by atoms with Crippen LogP contribution in [0.5, 0.6) is 5.75 Å². The third-order valence-electron chi connectivity index (χ3n) is 2.38. The van der Waals surface area contributed by atoms with E-state index >= 15 is 0 Å². The van der Waals surface area contributed by atoms with Crippen LogP contribution in [0.1, 0.15) is 43.1 Å². The first-order chi connectivity index (χ1) is 7.70. The van der Waals surface area contributed by atoms with Gasteiger partial charge in [0.2, 0.25) is 0 Å². The zero-order valence-electron chi connectivity index (χ0n) is 9.88. The fraction of sp³-hybridized carbons (Fsp3) is 0.500. The molecule has 0 N–H and O–H groups in total. The Labute approximate surface area is 104 Å². The van der Waals surface area contributed by atoms with E-state index in [4.69, 9.17) is 0 Å². The summed E-state index contributed by atoms with van der Waals surface area (Å²) in [5.74, 6) is -0.0129. The lowest BCUT2D eigenvalue weighted by atomic mass is 10.00. The first kappa shape index (κ1) is 14.2. The van der Waals surface area contributed by atoms with Crippen LogP contribution in [0, 0.1) is 0 Å². The highest BCUT2D eigenvalue weighted by Crippen LogP contribution is 2.35. The fourth-order valence-electron chi connectivity index (χ4n) is 1.47. The average molecular weight is 264 g/mol. The number of ether oxygens (including phenoxy) is 1. The maximum Gasteiger partial charge on any atom is 0.573 e. The third-order valence-corrected chi connectivity index (χ3v) is 2.66. The SMILES string of the molecule is CC(C)c1ccc(C(C)S)c(OC(F)(F)F)c1. The van der Waals surface area contributed by atoms with E-state index in [2.05, 4.69) is 17.4 Å². The normalized spacial score (nSPS) is 13.9. The van der Waals surface area contributed by atoms with Crippen LogP contribution in [0.15, 0.2) is 18.2 Å². The number of thiol groups is 1. The monoisotopic (exact) mass is 264 g/mol. The van der Waals surface area contributed by atoms with E-state index in [0.717, 1.165) is 5.56 Å². The second-order valence-corrected chi connectivity index (χ2v) is 4.95. The Bertz CT molecular complexity index is 386. The van der Waals surface area contributed by atoms with Gasteiger partial charge in [0.25, 0.3) is 0 Å².